The van der Waals surface area contributed by atoms with Crippen LogP contribution in [-0.2, 0) is 17.9 Å². The summed E-state index contributed by atoms with van der Waals surface area (Å²) in [6.07, 6.45) is 1.14. The molecular weight excluding hydrogens is 712 g/mol. The fraction of sp³-hybridized carbons (Fsp3) is 0.308. The lowest BCUT2D eigenvalue weighted by atomic mass is 9.91. The molecule has 1 atom stereocenters. The van der Waals surface area contributed by atoms with E-state index in [4.69, 9.17) is 28.4 Å². The number of ether oxygens (including phenoxy) is 2. The highest BCUT2D eigenvalue weighted by atomic mass is 19.3. The van der Waals surface area contributed by atoms with E-state index >= 15 is 0 Å². The molecular formula is C39H36F4N4O7. The predicted molar refractivity (Wildman–Crippen MR) is 190 cm³/mol. The molecule has 1 saturated heterocycles. The highest BCUT2D eigenvalue weighted by Gasteiger charge is 2.31. The zero-order valence-corrected chi connectivity index (χ0v) is 29.2. The zero-order valence-electron chi connectivity index (χ0n) is 29.2. The second kappa shape index (κ2) is 15.5. The fourth-order valence-electron chi connectivity index (χ4n) is 7.03. The van der Waals surface area contributed by atoms with Crippen molar-refractivity contribution in [2.75, 3.05) is 19.7 Å². The van der Waals surface area contributed by atoms with Gasteiger partial charge in [0.25, 0.3) is 0 Å². The zero-order chi connectivity index (χ0) is 38.1. The average Bonchev–Trinajstić information content (AvgIpc) is 3.87. The summed E-state index contributed by atoms with van der Waals surface area (Å²) < 4.78 is 75.2. The van der Waals surface area contributed by atoms with Crippen LogP contribution >= 0.6 is 0 Å². The number of carboxylic acids is 1. The summed E-state index contributed by atoms with van der Waals surface area (Å²) in [5, 5.41) is 21.7. The predicted octanol–water partition coefficient (Wildman–Crippen LogP) is 7.92. The normalized spacial score (nSPS) is 14.9. The van der Waals surface area contributed by atoms with E-state index in [2.05, 4.69) is 10.3 Å². The molecule has 7 rings (SSSR count). The van der Waals surface area contributed by atoms with Gasteiger partial charge in [0, 0.05) is 54.0 Å². The number of nitrogens with one attached hydrogen (secondary N) is 1. The van der Waals surface area contributed by atoms with E-state index in [0.717, 1.165) is 22.3 Å². The van der Waals surface area contributed by atoms with E-state index in [1.165, 1.54) is 12.1 Å². The SMILES string of the molecule is Cc1c(-c2nc3cc(CNCCO)c(OC(F)F)cc3o2)cccc1-c1cccc(-c2nc3cc(CN4CCC[C@H]4C(=O)O)c(OC(F)F)cc3o2)c1C. The number of aliphatic hydroxyl groups excluding tert-OH is 1. The quantitative estimate of drug-likeness (QED) is 0.0739. The Morgan fingerprint density at radius 1 is 0.852 bits per heavy atom. The van der Waals surface area contributed by atoms with Gasteiger partial charge in [0.1, 0.15) is 28.6 Å². The van der Waals surface area contributed by atoms with Crippen molar-refractivity contribution in [1.29, 1.82) is 0 Å². The molecule has 11 nitrogen and oxygen atoms in total. The monoisotopic (exact) mass is 748 g/mol. The lowest BCUT2D eigenvalue weighted by Gasteiger charge is -2.22. The lowest BCUT2D eigenvalue weighted by molar-refractivity contribution is -0.142. The van der Waals surface area contributed by atoms with Crippen LogP contribution in [-0.4, -0.2) is 70.0 Å². The maximum atomic E-state index is 13.5. The molecule has 2 aromatic heterocycles. The molecule has 0 radical (unpaired) electrons. The third kappa shape index (κ3) is 7.47. The molecule has 0 amide bonds. The van der Waals surface area contributed by atoms with Gasteiger partial charge in [-0.15, -0.1) is 0 Å². The molecule has 6 aromatic rings. The molecule has 15 heteroatoms. The first-order chi connectivity index (χ1) is 26.0. The fourth-order valence-corrected chi connectivity index (χ4v) is 7.03. The molecule has 4 aromatic carbocycles. The smallest absolute Gasteiger partial charge is 0.387 e. The van der Waals surface area contributed by atoms with E-state index in [-0.39, 0.29) is 60.7 Å². The van der Waals surface area contributed by atoms with Gasteiger partial charge in [0.15, 0.2) is 11.2 Å². The Kier molecular flexibility index (Phi) is 10.5. The second-order valence-electron chi connectivity index (χ2n) is 13.0. The van der Waals surface area contributed by atoms with Gasteiger partial charge in [-0.3, -0.25) is 9.69 Å². The van der Waals surface area contributed by atoms with Gasteiger partial charge in [-0.2, -0.15) is 17.6 Å². The molecule has 0 bridgehead atoms. The standard InChI is InChI=1S/C39H36F4N4O7/c1-20-24(6-3-8-26(20)35-45-28-14-22(18-44-11-13-48)31(53-38(40)41)16-33(28)51-35)25-7-4-9-27(21(25)2)36-46-29-15-23(19-47-12-5-10-30(47)37(49)50)32(54-39(42)43)17-34(29)52-36/h3-4,6-9,14-17,30,38-39,44,48H,5,10-13,18-19H2,1-2H3,(H,49,50)/t30-/m0/s1. The van der Waals surface area contributed by atoms with Gasteiger partial charge >= 0.3 is 19.2 Å². The summed E-state index contributed by atoms with van der Waals surface area (Å²) in [5.41, 5.74) is 6.84. The maximum Gasteiger partial charge on any atom is 0.387 e. The minimum Gasteiger partial charge on any atom is -0.480 e. The van der Waals surface area contributed by atoms with E-state index in [9.17, 15) is 27.5 Å². The molecule has 3 heterocycles. The number of nitrogens with zero attached hydrogens (tertiary/aromatic N) is 3. The largest absolute Gasteiger partial charge is 0.480 e. The summed E-state index contributed by atoms with van der Waals surface area (Å²) in [5.74, 6) is -0.599. The molecule has 1 aliphatic heterocycles. The number of aliphatic hydroxyl groups is 1. The number of fused-ring (bicyclic) bond motifs is 2. The molecule has 54 heavy (non-hydrogen) atoms. The highest BCUT2D eigenvalue weighted by molar-refractivity contribution is 5.85. The minimum atomic E-state index is -3.10. The van der Waals surface area contributed by atoms with Gasteiger partial charge in [-0.1, -0.05) is 24.3 Å². The Bertz CT molecular complexity index is 2330. The number of aromatic nitrogens is 2. The van der Waals surface area contributed by atoms with Crippen LogP contribution in [0.2, 0.25) is 0 Å². The van der Waals surface area contributed by atoms with Crippen LogP contribution in [0.3, 0.4) is 0 Å². The number of benzene rings is 4. The topological polar surface area (TPSA) is 143 Å². The Labute approximate surface area is 306 Å². The van der Waals surface area contributed by atoms with Crippen LogP contribution in [0.25, 0.3) is 56.2 Å². The first-order valence-electron chi connectivity index (χ1n) is 17.3. The summed E-state index contributed by atoms with van der Waals surface area (Å²) in [4.78, 5) is 22.9. The Hall–Kier alpha value is -5.51. The van der Waals surface area contributed by atoms with Gasteiger partial charge in [0.05, 0.1) is 6.61 Å². The molecule has 0 saturated carbocycles. The highest BCUT2D eigenvalue weighted by Crippen LogP contribution is 2.39. The van der Waals surface area contributed by atoms with Crippen molar-refractivity contribution >= 4 is 28.2 Å². The summed E-state index contributed by atoms with van der Waals surface area (Å²) in [6, 6.07) is 16.5. The van der Waals surface area contributed by atoms with Gasteiger partial charge < -0.3 is 33.8 Å². The van der Waals surface area contributed by atoms with Gasteiger partial charge in [0.2, 0.25) is 11.8 Å². The van der Waals surface area contributed by atoms with Crippen LogP contribution in [0.15, 0.2) is 69.5 Å². The number of alkyl halides is 4. The number of likely N-dealkylation sites (tertiary alicyclic amines) is 1. The first-order valence-corrected chi connectivity index (χ1v) is 17.3. The Balaban J connectivity index is 1.23. The van der Waals surface area contributed by atoms with E-state index in [0.29, 0.717) is 52.7 Å². The number of halogens is 4. The number of carboxylic acid groups (broad SMARTS) is 1. The van der Waals surface area contributed by atoms with Crippen molar-refractivity contribution in [1.82, 2.24) is 20.2 Å². The van der Waals surface area contributed by atoms with Crippen molar-refractivity contribution < 1.29 is 50.9 Å². The van der Waals surface area contributed by atoms with Crippen LogP contribution in [0.4, 0.5) is 17.6 Å². The average molecular weight is 749 g/mol. The number of hydrogen-bond donors (Lipinski definition) is 3. The second-order valence-corrected chi connectivity index (χ2v) is 13.0. The summed E-state index contributed by atoms with van der Waals surface area (Å²) >= 11 is 0. The van der Waals surface area contributed by atoms with Crippen molar-refractivity contribution in [3.05, 3.63) is 82.9 Å². The van der Waals surface area contributed by atoms with Crippen molar-refractivity contribution in [2.45, 2.75) is 59.0 Å². The van der Waals surface area contributed by atoms with Crippen LogP contribution in [0.1, 0.15) is 35.1 Å². The van der Waals surface area contributed by atoms with E-state index < -0.39 is 25.2 Å². The lowest BCUT2D eigenvalue weighted by Crippen LogP contribution is -2.35. The maximum absolute atomic E-state index is 13.5. The minimum absolute atomic E-state index is 0.0600. The summed E-state index contributed by atoms with van der Waals surface area (Å²) in [6.45, 7) is -1.39. The first kappa shape index (κ1) is 36.8. The molecule has 282 valence electrons. The third-order valence-corrected chi connectivity index (χ3v) is 9.62. The molecule has 0 aliphatic carbocycles. The van der Waals surface area contributed by atoms with Gasteiger partial charge in [-0.05, 0) is 79.8 Å². The van der Waals surface area contributed by atoms with Crippen LogP contribution in [0, 0.1) is 13.8 Å². The third-order valence-electron chi connectivity index (χ3n) is 9.62. The molecule has 0 spiro atoms. The Morgan fingerprint density at radius 2 is 1.37 bits per heavy atom. The molecule has 1 fully saturated rings. The summed E-state index contributed by atoms with van der Waals surface area (Å²) in [7, 11) is 0. The Morgan fingerprint density at radius 3 is 1.89 bits per heavy atom. The molecule has 0 unspecified atom stereocenters. The van der Waals surface area contributed by atoms with Crippen LogP contribution < -0.4 is 14.8 Å². The number of rotatable bonds is 14. The number of hydrogen-bond acceptors (Lipinski definition) is 10. The van der Waals surface area contributed by atoms with Crippen molar-refractivity contribution in [2.24, 2.45) is 0 Å². The number of carbonyl (C=O) groups is 1. The van der Waals surface area contributed by atoms with Crippen molar-refractivity contribution in [3.63, 3.8) is 0 Å². The van der Waals surface area contributed by atoms with Gasteiger partial charge in [-0.25, -0.2) is 9.97 Å². The van der Waals surface area contributed by atoms with E-state index in [1.54, 1.807) is 17.0 Å². The molecule has 1 aliphatic rings. The number of aliphatic carboxylic acids is 1. The van der Waals surface area contributed by atoms with Crippen molar-refractivity contribution in [3.8, 4) is 45.5 Å². The van der Waals surface area contributed by atoms with Crippen LogP contribution in [0.5, 0.6) is 11.5 Å². The molecule has 3 N–H and O–H groups in total. The number of oxazole rings is 2. The van der Waals surface area contributed by atoms with E-state index in [1.807, 2.05) is 50.2 Å².